The maximum Gasteiger partial charge on any atom is 0.330 e. The van der Waals surface area contributed by atoms with Crippen molar-refractivity contribution in [2.24, 2.45) is 0 Å². The van der Waals surface area contributed by atoms with Crippen molar-refractivity contribution in [2.45, 2.75) is 6.54 Å². The van der Waals surface area contributed by atoms with Crippen molar-refractivity contribution in [2.75, 3.05) is 17.7 Å². The highest BCUT2D eigenvalue weighted by atomic mass is 16.6. The minimum absolute atomic E-state index is 0.00121. The van der Waals surface area contributed by atoms with Gasteiger partial charge in [-0.05, 0) is 11.6 Å². The number of anilines is 2. The number of H-pyrrole nitrogens is 1. The number of aromatic nitrogens is 2. The minimum atomic E-state index is -0.835. The predicted molar refractivity (Wildman–Crippen MR) is 107 cm³/mol. The Labute approximate surface area is 164 Å². The Morgan fingerprint density at radius 1 is 1.17 bits per heavy atom. The van der Waals surface area contributed by atoms with Gasteiger partial charge in [0.1, 0.15) is 5.82 Å². The van der Waals surface area contributed by atoms with E-state index in [9.17, 15) is 24.5 Å². The van der Waals surface area contributed by atoms with Crippen molar-refractivity contribution in [3.8, 4) is 0 Å². The Morgan fingerprint density at radius 3 is 2.52 bits per heavy atom. The minimum Gasteiger partial charge on any atom is -0.383 e. The Bertz CT molecular complexity index is 1200. The standard InChI is InChI=1S/C19H17N5O5/c1-22(18(26)13-8-5-9-14(10-13)24(28)29)15-16(20)23(19(27)21-17(15)25)11-12-6-3-2-4-7-12/h2-10H,11,20H2,1H3,(H,21,25,27). The van der Waals surface area contributed by atoms with Crippen LogP contribution in [0.5, 0.6) is 0 Å². The second-order valence-electron chi connectivity index (χ2n) is 6.24. The van der Waals surface area contributed by atoms with E-state index in [2.05, 4.69) is 4.98 Å². The number of nitrogens with two attached hydrogens (primary N) is 1. The lowest BCUT2D eigenvalue weighted by atomic mass is 10.1. The molecule has 0 radical (unpaired) electrons. The topological polar surface area (TPSA) is 144 Å². The van der Waals surface area contributed by atoms with Crippen molar-refractivity contribution in [3.63, 3.8) is 0 Å². The molecule has 10 heteroatoms. The number of hydrogen-bond acceptors (Lipinski definition) is 6. The summed E-state index contributed by atoms with van der Waals surface area (Å²) < 4.78 is 1.14. The van der Waals surface area contributed by atoms with Crippen LogP contribution in [0.4, 0.5) is 17.2 Å². The van der Waals surface area contributed by atoms with E-state index < -0.39 is 22.1 Å². The smallest absolute Gasteiger partial charge is 0.330 e. The highest BCUT2D eigenvalue weighted by Gasteiger charge is 2.23. The molecule has 0 bridgehead atoms. The van der Waals surface area contributed by atoms with E-state index in [0.717, 1.165) is 21.1 Å². The van der Waals surface area contributed by atoms with Crippen LogP contribution in [0.2, 0.25) is 0 Å². The number of nitrogen functional groups attached to an aromatic ring is 1. The summed E-state index contributed by atoms with van der Waals surface area (Å²) in [6.07, 6.45) is 0. The maximum absolute atomic E-state index is 12.8. The molecule has 3 rings (SSSR count). The Morgan fingerprint density at radius 2 is 1.86 bits per heavy atom. The van der Waals surface area contributed by atoms with E-state index in [1.807, 2.05) is 6.07 Å². The second-order valence-corrected chi connectivity index (χ2v) is 6.24. The fourth-order valence-electron chi connectivity index (χ4n) is 2.87. The molecule has 0 atom stereocenters. The summed E-state index contributed by atoms with van der Waals surface area (Å²) in [7, 11) is 1.30. The molecule has 0 saturated carbocycles. The zero-order chi connectivity index (χ0) is 21.1. The van der Waals surface area contributed by atoms with Gasteiger partial charge >= 0.3 is 5.69 Å². The average molecular weight is 395 g/mol. The Hall–Kier alpha value is -4.21. The number of aromatic amines is 1. The van der Waals surface area contributed by atoms with Crippen LogP contribution >= 0.6 is 0 Å². The van der Waals surface area contributed by atoms with Crippen molar-refractivity contribution in [1.82, 2.24) is 9.55 Å². The van der Waals surface area contributed by atoms with E-state index in [4.69, 9.17) is 5.73 Å². The van der Waals surface area contributed by atoms with Crippen LogP contribution in [0.15, 0.2) is 64.2 Å². The molecule has 148 valence electrons. The summed E-state index contributed by atoms with van der Waals surface area (Å²) in [5.41, 5.74) is 4.80. The number of hydrogen-bond donors (Lipinski definition) is 2. The number of nitro groups is 1. The molecule has 1 heterocycles. The fraction of sp³-hybridized carbons (Fsp3) is 0.105. The number of nitro benzene ring substituents is 1. The van der Waals surface area contributed by atoms with Crippen molar-refractivity contribution in [3.05, 3.63) is 96.7 Å². The summed E-state index contributed by atoms with van der Waals surface area (Å²) in [5, 5.41) is 10.9. The molecule has 0 aliphatic heterocycles. The van der Waals surface area contributed by atoms with Gasteiger partial charge in [-0.25, -0.2) is 4.79 Å². The van der Waals surface area contributed by atoms with Gasteiger partial charge in [-0.2, -0.15) is 0 Å². The lowest BCUT2D eigenvalue weighted by Crippen LogP contribution is -2.39. The number of rotatable bonds is 5. The number of amides is 1. The highest BCUT2D eigenvalue weighted by Crippen LogP contribution is 2.20. The molecule has 0 saturated heterocycles. The molecular weight excluding hydrogens is 378 g/mol. The molecule has 3 N–H and O–H groups in total. The number of benzene rings is 2. The number of carbonyl (C=O) groups is 1. The quantitative estimate of drug-likeness (QED) is 0.493. The van der Waals surface area contributed by atoms with E-state index in [1.54, 1.807) is 24.3 Å². The maximum atomic E-state index is 12.8. The molecule has 3 aromatic rings. The van der Waals surface area contributed by atoms with Gasteiger partial charge in [0.05, 0.1) is 11.5 Å². The van der Waals surface area contributed by atoms with Crippen molar-refractivity contribution in [1.29, 1.82) is 0 Å². The molecule has 2 aromatic carbocycles. The third-order valence-corrected chi connectivity index (χ3v) is 4.34. The molecule has 0 unspecified atom stereocenters. The highest BCUT2D eigenvalue weighted by molar-refractivity contribution is 6.07. The van der Waals surface area contributed by atoms with Crippen molar-refractivity contribution < 1.29 is 9.72 Å². The van der Waals surface area contributed by atoms with Crippen molar-refractivity contribution >= 4 is 23.1 Å². The first kappa shape index (κ1) is 19.5. The first-order valence-corrected chi connectivity index (χ1v) is 8.48. The van der Waals surface area contributed by atoms with Crippen LogP contribution < -0.4 is 21.9 Å². The fourth-order valence-corrected chi connectivity index (χ4v) is 2.87. The van der Waals surface area contributed by atoms with Gasteiger partial charge in [-0.1, -0.05) is 36.4 Å². The molecule has 1 amide bonds. The normalized spacial score (nSPS) is 10.5. The molecule has 10 nitrogen and oxygen atoms in total. The molecule has 29 heavy (non-hydrogen) atoms. The van der Waals surface area contributed by atoms with Crippen LogP contribution in [-0.2, 0) is 6.54 Å². The molecular formula is C19H17N5O5. The van der Waals surface area contributed by atoms with Gasteiger partial charge in [0, 0.05) is 24.7 Å². The number of carbonyl (C=O) groups excluding carboxylic acids is 1. The third kappa shape index (κ3) is 3.90. The van der Waals surface area contributed by atoms with Crippen LogP contribution in [0.3, 0.4) is 0 Å². The first-order chi connectivity index (χ1) is 13.8. The SMILES string of the molecule is CN(C(=O)c1cccc([N+](=O)[O-])c1)c1c(N)n(Cc2ccccc2)c(=O)[nH]c1=O. The van der Waals surface area contributed by atoms with E-state index >= 15 is 0 Å². The van der Waals surface area contributed by atoms with Gasteiger partial charge in [0.25, 0.3) is 17.2 Å². The van der Waals surface area contributed by atoms with Gasteiger partial charge < -0.3 is 10.6 Å². The zero-order valence-electron chi connectivity index (χ0n) is 15.4. The number of nitrogens with zero attached hydrogens (tertiary/aromatic N) is 3. The summed E-state index contributed by atoms with van der Waals surface area (Å²) >= 11 is 0. The van der Waals surface area contributed by atoms with Gasteiger partial charge in [-0.3, -0.25) is 29.3 Å². The molecule has 0 aliphatic carbocycles. The van der Waals surface area contributed by atoms with Crippen LogP contribution in [-0.4, -0.2) is 27.4 Å². The Kier molecular flexibility index (Phi) is 5.26. The summed E-state index contributed by atoms with van der Waals surface area (Å²) in [5.74, 6) is -0.875. The summed E-state index contributed by atoms with van der Waals surface area (Å²) in [6, 6.07) is 14.1. The van der Waals surface area contributed by atoms with E-state index in [0.29, 0.717) is 0 Å². The number of non-ortho nitro benzene ring substituents is 1. The lowest BCUT2D eigenvalue weighted by molar-refractivity contribution is -0.384. The van der Waals surface area contributed by atoms with Gasteiger partial charge in [0.2, 0.25) is 0 Å². The number of nitrogens with one attached hydrogen (secondary N) is 1. The average Bonchev–Trinajstić information content (AvgIpc) is 2.71. The monoisotopic (exact) mass is 395 g/mol. The summed E-state index contributed by atoms with van der Waals surface area (Å²) in [4.78, 5) is 50.8. The summed E-state index contributed by atoms with van der Waals surface area (Å²) in [6.45, 7) is 0.0914. The molecule has 0 spiro atoms. The largest absolute Gasteiger partial charge is 0.383 e. The third-order valence-electron chi connectivity index (χ3n) is 4.34. The van der Waals surface area contributed by atoms with Crippen LogP contribution in [0, 0.1) is 10.1 Å². The van der Waals surface area contributed by atoms with Crippen LogP contribution in [0.25, 0.3) is 0 Å². The zero-order valence-corrected chi connectivity index (χ0v) is 15.4. The van der Waals surface area contributed by atoms with Gasteiger partial charge in [0.15, 0.2) is 5.69 Å². The first-order valence-electron chi connectivity index (χ1n) is 8.48. The van der Waals surface area contributed by atoms with E-state index in [-0.39, 0.29) is 29.3 Å². The predicted octanol–water partition coefficient (Wildman–Crippen LogP) is 1.35. The molecule has 0 fully saturated rings. The van der Waals surface area contributed by atoms with Gasteiger partial charge in [-0.15, -0.1) is 0 Å². The molecule has 0 aliphatic rings. The van der Waals surface area contributed by atoms with Crippen LogP contribution in [0.1, 0.15) is 15.9 Å². The van der Waals surface area contributed by atoms with E-state index in [1.165, 1.54) is 25.2 Å². The molecule has 1 aromatic heterocycles. The lowest BCUT2D eigenvalue weighted by Gasteiger charge is -2.20. The second kappa shape index (κ2) is 7.80. The Balaban J connectivity index is 2.04.